The fraction of sp³-hybridized carbons (Fsp3) is 0.462. The van der Waals surface area contributed by atoms with E-state index in [0.717, 1.165) is 53.5 Å². The molecule has 0 bridgehead atoms. The lowest BCUT2D eigenvalue weighted by molar-refractivity contribution is 0.0410. The molecule has 102 valence electrons. The van der Waals surface area contributed by atoms with Crippen molar-refractivity contribution in [1.29, 1.82) is 0 Å². The predicted octanol–water partition coefficient (Wildman–Crippen LogP) is 3.37. The maximum atomic E-state index is 5.99. The normalized spacial score (nSPS) is 17.1. The Balaban J connectivity index is 1.56. The van der Waals surface area contributed by atoms with E-state index < -0.39 is 0 Å². The Morgan fingerprint density at radius 3 is 3.05 bits per heavy atom. The van der Waals surface area contributed by atoms with Crippen LogP contribution in [0.15, 0.2) is 22.5 Å². The minimum atomic E-state index is 0.779. The molecule has 0 atom stereocenters. The average molecular weight is 315 g/mol. The third kappa shape index (κ3) is 3.61. The molecule has 1 aliphatic heterocycles. The summed E-state index contributed by atoms with van der Waals surface area (Å²) in [5.74, 6) is 1.08. The smallest absolute Gasteiger partial charge is 0.151 e. The van der Waals surface area contributed by atoms with Gasteiger partial charge in [0.25, 0.3) is 0 Å². The van der Waals surface area contributed by atoms with Crippen molar-refractivity contribution in [2.24, 2.45) is 0 Å². The van der Waals surface area contributed by atoms with Crippen LogP contribution in [-0.4, -0.2) is 48.5 Å². The van der Waals surface area contributed by atoms with E-state index in [1.54, 1.807) is 11.3 Å². The second-order valence-corrected chi connectivity index (χ2v) is 7.20. The SMILES string of the molecule is Clc1ccc2nc(SCCN3CCOCC3)sc2c1. The molecule has 3 rings (SSSR count). The van der Waals surface area contributed by atoms with Crippen molar-refractivity contribution in [2.75, 3.05) is 38.6 Å². The molecule has 2 aromatic rings. The van der Waals surface area contributed by atoms with E-state index in [1.807, 2.05) is 30.0 Å². The standard InChI is InChI=1S/C13H15ClN2OS2/c14-10-1-2-11-12(9-10)19-13(15-11)18-8-5-16-3-6-17-7-4-16/h1-2,9H,3-8H2. The number of thioether (sulfide) groups is 1. The first kappa shape index (κ1) is 13.6. The van der Waals surface area contributed by atoms with E-state index in [9.17, 15) is 0 Å². The highest BCUT2D eigenvalue weighted by atomic mass is 35.5. The zero-order valence-electron chi connectivity index (χ0n) is 10.5. The molecule has 1 aliphatic rings. The van der Waals surface area contributed by atoms with Gasteiger partial charge in [-0.2, -0.15) is 0 Å². The lowest BCUT2D eigenvalue weighted by atomic mass is 10.3. The van der Waals surface area contributed by atoms with Crippen molar-refractivity contribution in [1.82, 2.24) is 9.88 Å². The number of halogens is 1. The number of hydrogen-bond donors (Lipinski definition) is 0. The monoisotopic (exact) mass is 314 g/mol. The van der Waals surface area contributed by atoms with E-state index in [1.165, 1.54) is 4.70 Å². The minimum absolute atomic E-state index is 0.779. The summed E-state index contributed by atoms with van der Waals surface area (Å²) in [6, 6.07) is 5.87. The highest BCUT2D eigenvalue weighted by molar-refractivity contribution is 8.01. The van der Waals surface area contributed by atoms with E-state index in [2.05, 4.69) is 9.88 Å². The lowest BCUT2D eigenvalue weighted by Crippen LogP contribution is -2.37. The van der Waals surface area contributed by atoms with Gasteiger partial charge in [0.2, 0.25) is 0 Å². The van der Waals surface area contributed by atoms with Crippen molar-refractivity contribution in [3.05, 3.63) is 23.2 Å². The molecule has 19 heavy (non-hydrogen) atoms. The Hall–Kier alpha value is -0.330. The highest BCUT2D eigenvalue weighted by Crippen LogP contribution is 2.31. The summed E-state index contributed by atoms with van der Waals surface area (Å²) in [6.07, 6.45) is 0. The van der Waals surface area contributed by atoms with Gasteiger partial charge in [-0.3, -0.25) is 4.90 Å². The van der Waals surface area contributed by atoms with Gasteiger partial charge in [-0.05, 0) is 18.2 Å². The number of ether oxygens (including phenoxy) is 1. The first-order valence-corrected chi connectivity index (χ1v) is 8.48. The van der Waals surface area contributed by atoms with E-state index >= 15 is 0 Å². The van der Waals surface area contributed by atoms with Gasteiger partial charge in [0, 0.05) is 30.4 Å². The Morgan fingerprint density at radius 2 is 2.21 bits per heavy atom. The van der Waals surface area contributed by atoms with Crippen LogP contribution in [0, 0.1) is 0 Å². The third-order valence-corrected chi connectivity index (χ3v) is 5.44. The first-order valence-electron chi connectivity index (χ1n) is 6.30. The molecule has 1 fully saturated rings. The maximum Gasteiger partial charge on any atom is 0.151 e. The van der Waals surface area contributed by atoms with Crippen LogP contribution in [0.4, 0.5) is 0 Å². The molecule has 0 saturated carbocycles. The van der Waals surface area contributed by atoms with Crippen LogP contribution in [0.3, 0.4) is 0 Å². The van der Waals surface area contributed by atoms with Gasteiger partial charge in [0.1, 0.15) is 0 Å². The summed E-state index contributed by atoms with van der Waals surface area (Å²) >= 11 is 9.54. The van der Waals surface area contributed by atoms with E-state index in [0.29, 0.717) is 0 Å². The van der Waals surface area contributed by atoms with Crippen molar-refractivity contribution in [2.45, 2.75) is 4.34 Å². The third-order valence-electron chi connectivity index (χ3n) is 3.07. The van der Waals surface area contributed by atoms with Crippen LogP contribution >= 0.6 is 34.7 Å². The topological polar surface area (TPSA) is 25.4 Å². The summed E-state index contributed by atoms with van der Waals surface area (Å²) in [5, 5.41) is 0.779. The van der Waals surface area contributed by atoms with Gasteiger partial charge >= 0.3 is 0 Å². The largest absolute Gasteiger partial charge is 0.379 e. The number of aromatic nitrogens is 1. The Morgan fingerprint density at radius 1 is 1.37 bits per heavy atom. The van der Waals surface area contributed by atoms with E-state index in [-0.39, 0.29) is 0 Å². The van der Waals surface area contributed by atoms with E-state index in [4.69, 9.17) is 16.3 Å². The van der Waals surface area contributed by atoms with Crippen LogP contribution in [0.25, 0.3) is 10.2 Å². The molecule has 2 heterocycles. The molecule has 3 nitrogen and oxygen atoms in total. The molecule has 0 N–H and O–H groups in total. The van der Waals surface area contributed by atoms with Gasteiger partial charge in [-0.25, -0.2) is 4.98 Å². The second kappa shape index (κ2) is 6.41. The Kier molecular flexibility index (Phi) is 4.61. The van der Waals surface area contributed by atoms with Crippen LogP contribution in [0.1, 0.15) is 0 Å². The first-order chi connectivity index (χ1) is 9.31. The molecule has 1 aromatic heterocycles. The second-order valence-electron chi connectivity index (χ2n) is 4.39. The number of benzene rings is 1. The van der Waals surface area contributed by atoms with Gasteiger partial charge in [0.05, 0.1) is 23.4 Å². The number of morpholine rings is 1. The summed E-state index contributed by atoms with van der Waals surface area (Å²) in [7, 11) is 0. The Bertz CT molecular complexity index is 555. The number of fused-ring (bicyclic) bond motifs is 1. The molecule has 0 amide bonds. The number of nitrogens with zero attached hydrogens (tertiary/aromatic N) is 2. The highest BCUT2D eigenvalue weighted by Gasteiger charge is 2.10. The minimum Gasteiger partial charge on any atom is -0.379 e. The maximum absolute atomic E-state index is 5.99. The summed E-state index contributed by atoms with van der Waals surface area (Å²) in [5.41, 5.74) is 1.04. The van der Waals surface area contributed by atoms with Crippen molar-refractivity contribution < 1.29 is 4.74 Å². The number of rotatable bonds is 4. The zero-order chi connectivity index (χ0) is 13.1. The van der Waals surface area contributed by atoms with Crippen molar-refractivity contribution in [3.63, 3.8) is 0 Å². The van der Waals surface area contributed by atoms with Crippen LogP contribution in [-0.2, 0) is 4.74 Å². The molecule has 0 unspecified atom stereocenters. The molecular formula is C13H15ClN2OS2. The predicted molar refractivity (Wildman–Crippen MR) is 82.6 cm³/mol. The summed E-state index contributed by atoms with van der Waals surface area (Å²) < 4.78 is 7.64. The van der Waals surface area contributed by atoms with Gasteiger partial charge in [0.15, 0.2) is 4.34 Å². The number of thiazole rings is 1. The molecule has 0 radical (unpaired) electrons. The zero-order valence-corrected chi connectivity index (χ0v) is 12.9. The van der Waals surface area contributed by atoms with Gasteiger partial charge in [-0.1, -0.05) is 23.4 Å². The summed E-state index contributed by atoms with van der Waals surface area (Å²) in [4.78, 5) is 7.06. The molecular weight excluding hydrogens is 300 g/mol. The molecule has 1 aromatic carbocycles. The quantitative estimate of drug-likeness (QED) is 0.808. The van der Waals surface area contributed by atoms with Gasteiger partial charge in [-0.15, -0.1) is 11.3 Å². The van der Waals surface area contributed by atoms with Crippen molar-refractivity contribution >= 4 is 44.9 Å². The van der Waals surface area contributed by atoms with Crippen LogP contribution in [0.5, 0.6) is 0 Å². The molecule has 0 aliphatic carbocycles. The van der Waals surface area contributed by atoms with Crippen molar-refractivity contribution in [3.8, 4) is 0 Å². The fourth-order valence-electron chi connectivity index (χ4n) is 2.03. The Labute approximate surface area is 125 Å². The average Bonchev–Trinajstić information content (AvgIpc) is 2.82. The number of hydrogen-bond acceptors (Lipinski definition) is 5. The van der Waals surface area contributed by atoms with Gasteiger partial charge < -0.3 is 4.74 Å². The fourth-order valence-corrected chi connectivity index (χ4v) is 4.44. The molecule has 6 heteroatoms. The lowest BCUT2D eigenvalue weighted by Gasteiger charge is -2.26. The molecule has 0 spiro atoms. The summed E-state index contributed by atoms with van der Waals surface area (Å²) in [6.45, 7) is 4.94. The van der Waals surface area contributed by atoms with Crippen LogP contribution < -0.4 is 0 Å². The molecule has 1 saturated heterocycles. The van der Waals surface area contributed by atoms with Crippen LogP contribution in [0.2, 0.25) is 5.02 Å².